The fourth-order valence-electron chi connectivity index (χ4n) is 3.06. The summed E-state index contributed by atoms with van der Waals surface area (Å²) in [5.74, 6) is -2.15. The highest BCUT2D eigenvalue weighted by atomic mass is 19.4. The third-order valence-electron chi connectivity index (χ3n) is 4.68. The first-order valence-electron chi connectivity index (χ1n) is 9.30. The molecule has 0 radical (unpaired) electrons. The monoisotopic (exact) mass is 436 g/mol. The molecule has 1 fully saturated rings. The molecule has 164 valence electrons. The van der Waals surface area contributed by atoms with Gasteiger partial charge in [-0.25, -0.2) is 9.97 Å². The zero-order valence-corrected chi connectivity index (χ0v) is 16.1. The van der Waals surface area contributed by atoms with E-state index in [1.165, 1.54) is 24.3 Å². The van der Waals surface area contributed by atoms with Gasteiger partial charge in [0.25, 0.3) is 5.91 Å². The molecule has 3 amide bonds. The first kappa shape index (κ1) is 22.0. The zero-order chi connectivity index (χ0) is 22.6. The van der Waals surface area contributed by atoms with Crippen LogP contribution < -0.4 is 21.3 Å². The van der Waals surface area contributed by atoms with Crippen molar-refractivity contribution in [2.45, 2.75) is 25.1 Å². The molecule has 0 saturated carbocycles. The second-order valence-electron chi connectivity index (χ2n) is 6.86. The van der Waals surface area contributed by atoms with Gasteiger partial charge in [-0.1, -0.05) is 6.07 Å². The van der Waals surface area contributed by atoms with E-state index in [2.05, 4.69) is 20.6 Å². The molecule has 0 atom stereocenters. The smallest absolute Gasteiger partial charge is 0.364 e. The van der Waals surface area contributed by atoms with E-state index in [0.717, 1.165) is 12.3 Å². The maximum Gasteiger partial charge on any atom is 0.417 e. The lowest BCUT2D eigenvalue weighted by Crippen LogP contribution is -2.48. The second-order valence-corrected chi connectivity index (χ2v) is 6.86. The van der Waals surface area contributed by atoms with Crippen LogP contribution in [0.15, 0.2) is 36.5 Å². The Labute approximate surface area is 174 Å². The van der Waals surface area contributed by atoms with E-state index in [9.17, 15) is 27.6 Å². The maximum absolute atomic E-state index is 12.6. The molecule has 9 nitrogen and oxygen atoms in total. The quantitative estimate of drug-likeness (QED) is 0.620. The Morgan fingerprint density at radius 1 is 1.06 bits per heavy atom. The van der Waals surface area contributed by atoms with Crippen LogP contribution in [0, 0.1) is 0 Å². The topological polar surface area (TPSA) is 130 Å². The van der Waals surface area contributed by atoms with Crippen LogP contribution in [0.25, 0.3) is 0 Å². The number of amides is 3. The summed E-state index contributed by atoms with van der Waals surface area (Å²) in [5.41, 5.74) is 4.25. The Bertz CT molecular complexity index is 973. The first-order valence-corrected chi connectivity index (χ1v) is 9.30. The highest BCUT2D eigenvalue weighted by Crippen LogP contribution is 2.29. The Morgan fingerprint density at radius 2 is 1.77 bits per heavy atom. The summed E-state index contributed by atoms with van der Waals surface area (Å²) in [7, 11) is 0. The van der Waals surface area contributed by atoms with E-state index in [1.54, 1.807) is 0 Å². The minimum Gasteiger partial charge on any atom is -0.364 e. The van der Waals surface area contributed by atoms with E-state index in [-0.39, 0.29) is 17.6 Å². The molecule has 3 rings (SSSR count). The largest absolute Gasteiger partial charge is 0.417 e. The molecule has 1 aliphatic rings. The van der Waals surface area contributed by atoms with Gasteiger partial charge in [0, 0.05) is 25.3 Å². The number of nitrogens with two attached hydrogens (primary N) is 1. The fourth-order valence-corrected chi connectivity index (χ4v) is 3.06. The second kappa shape index (κ2) is 8.98. The summed E-state index contributed by atoms with van der Waals surface area (Å²) < 4.78 is 37.9. The SMILES string of the molecule is NC(=O)c1cccc(NC(=O)C(=O)NC2CCN(c3ccc(C(F)(F)F)cn3)CC2)n1. The lowest BCUT2D eigenvalue weighted by Gasteiger charge is -2.33. The van der Waals surface area contributed by atoms with Gasteiger partial charge in [-0.05, 0) is 37.1 Å². The molecular formula is C19H19F3N6O3. The van der Waals surface area contributed by atoms with Crippen molar-refractivity contribution < 1.29 is 27.6 Å². The van der Waals surface area contributed by atoms with E-state index < -0.39 is 29.5 Å². The predicted octanol–water partition coefficient (Wildman–Crippen LogP) is 1.32. The van der Waals surface area contributed by atoms with Gasteiger partial charge in [0.1, 0.15) is 17.3 Å². The zero-order valence-electron chi connectivity index (χ0n) is 16.1. The Hall–Kier alpha value is -3.70. The molecule has 2 aromatic heterocycles. The number of halogens is 3. The molecule has 0 unspecified atom stereocenters. The molecule has 0 aromatic carbocycles. The number of rotatable bonds is 4. The van der Waals surface area contributed by atoms with Gasteiger partial charge in [-0.15, -0.1) is 0 Å². The number of alkyl halides is 3. The van der Waals surface area contributed by atoms with Crippen molar-refractivity contribution in [3.63, 3.8) is 0 Å². The number of pyridine rings is 2. The number of carbonyl (C=O) groups is 3. The van der Waals surface area contributed by atoms with Gasteiger partial charge >= 0.3 is 18.0 Å². The summed E-state index contributed by atoms with van der Waals surface area (Å²) in [4.78, 5) is 44.9. The highest BCUT2D eigenvalue weighted by Gasteiger charge is 2.31. The maximum atomic E-state index is 12.6. The van der Waals surface area contributed by atoms with Crippen molar-refractivity contribution in [3.8, 4) is 0 Å². The van der Waals surface area contributed by atoms with Crippen LogP contribution in [0.4, 0.5) is 24.8 Å². The molecule has 1 aliphatic heterocycles. The lowest BCUT2D eigenvalue weighted by molar-refractivity contribution is -0.137. The van der Waals surface area contributed by atoms with Gasteiger partial charge in [-0.3, -0.25) is 14.4 Å². The minimum atomic E-state index is -4.44. The average molecular weight is 436 g/mol. The van der Waals surface area contributed by atoms with Crippen LogP contribution in [0.5, 0.6) is 0 Å². The van der Waals surface area contributed by atoms with Crippen molar-refractivity contribution in [1.29, 1.82) is 0 Å². The number of anilines is 2. The van der Waals surface area contributed by atoms with Crippen molar-refractivity contribution in [2.24, 2.45) is 5.73 Å². The van der Waals surface area contributed by atoms with E-state index in [1.807, 2.05) is 4.90 Å². The molecule has 4 N–H and O–H groups in total. The number of nitrogens with one attached hydrogen (secondary N) is 2. The molecule has 2 aromatic rings. The standard InChI is InChI=1S/C19H19F3N6O3/c20-19(21,22)11-4-5-15(24-10-11)28-8-6-12(7-9-28)25-17(30)18(31)27-14-3-1-2-13(26-14)16(23)29/h1-5,10,12H,6-9H2,(H2,23,29)(H,25,30)(H,26,27,31). The summed E-state index contributed by atoms with van der Waals surface area (Å²) in [6, 6.07) is 6.24. The van der Waals surface area contributed by atoms with E-state index in [4.69, 9.17) is 5.73 Å². The third-order valence-corrected chi connectivity index (χ3v) is 4.68. The molecule has 3 heterocycles. The predicted molar refractivity (Wildman–Crippen MR) is 104 cm³/mol. The number of hydrogen-bond acceptors (Lipinski definition) is 6. The van der Waals surface area contributed by atoms with Crippen molar-refractivity contribution in [1.82, 2.24) is 15.3 Å². The number of nitrogens with zero attached hydrogens (tertiary/aromatic N) is 3. The molecular weight excluding hydrogens is 417 g/mol. The number of carbonyl (C=O) groups excluding carboxylic acids is 3. The molecule has 1 saturated heterocycles. The van der Waals surface area contributed by atoms with Crippen LogP contribution in [0.3, 0.4) is 0 Å². The van der Waals surface area contributed by atoms with Gasteiger partial charge in [0.2, 0.25) is 0 Å². The number of hydrogen-bond donors (Lipinski definition) is 3. The van der Waals surface area contributed by atoms with Crippen LogP contribution in [-0.2, 0) is 15.8 Å². The molecule has 12 heteroatoms. The van der Waals surface area contributed by atoms with Gasteiger partial charge in [-0.2, -0.15) is 13.2 Å². The van der Waals surface area contributed by atoms with Gasteiger partial charge in [0.15, 0.2) is 0 Å². The normalized spacial score (nSPS) is 14.7. The van der Waals surface area contributed by atoms with E-state index >= 15 is 0 Å². The number of piperidine rings is 1. The lowest BCUT2D eigenvalue weighted by atomic mass is 10.0. The van der Waals surface area contributed by atoms with Gasteiger partial charge in [0.05, 0.1) is 5.56 Å². The molecule has 0 aliphatic carbocycles. The number of primary amides is 1. The van der Waals surface area contributed by atoms with Crippen LogP contribution in [-0.4, -0.2) is 46.8 Å². The molecule has 0 spiro atoms. The summed E-state index contributed by atoms with van der Waals surface area (Å²) >= 11 is 0. The Balaban J connectivity index is 1.50. The van der Waals surface area contributed by atoms with Crippen molar-refractivity contribution in [3.05, 3.63) is 47.8 Å². The van der Waals surface area contributed by atoms with Crippen molar-refractivity contribution in [2.75, 3.05) is 23.3 Å². The fraction of sp³-hybridized carbons (Fsp3) is 0.316. The Morgan fingerprint density at radius 3 is 2.35 bits per heavy atom. The summed E-state index contributed by atoms with van der Waals surface area (Å²) in [6.45, 7) is 0.903. The van der Waals surface area contributed by atoms with E-state index in [0.29, 0.717) is 31.7 Å². The first-order chi connectivity index (χ1) is 14.6. The highest BCUT2D eigenvalue weighted by molar-refractivity contribution is 6.39. The van der Waals surface area contributed by atoms with Crippen molar-refractivity contribution >= 4 is 29.4 Å². The van der Waals surface area contributed by atoms with Crippen LogP contribution >= 0.6 is 0 Å². The average Bonchev–Trinajstić information content (AvgIpc) is 2.74. The van der Waals surface area contributed by atoms with Crippen LogP contribution in [0.2, 0.25) is 0 Å². The Kier molecular flexibility index (Phi) is 6.37. The minimum absolute atomic E-state index is 0.0136. The molecule has 0 bridgehead atoms. The van der Waals surface area contributed by atoms with Gasteiger partial charge < -0.3 is 21.3 Å². The third kappa shape index (κ3) is 5.68. The molecule has 31 heavy (non-hydrogen) atoms. The summed E-state index contributed by atoms with van der Waals surface area (Å²) in [5, 5.41) is 4.91. The van der Waals surface area contributed by atoms with Crippen LogP contribution in [0.1, 0.15) is 28.9 Å². The summed E-state index contributed by atoms with van der Waals surface area (Å²) in [6.07, 6.45) is -2.69. The number of aromatic nitrogens is 2.